The van der Waals surface area contributed by atoms with Crippen molar-refractivity contribution in [2.45, 2.75) is 6.92 Å². The van der Waals surface area contributed by atoms with Gasteiger partial charge in [0, 0.05) is 12.7 Å². The average molecular weight is 263 g/mol. The quantitative estimate of drug-likeness (QED) is 0.599. The number of phenolic OH excluding ortho intramolecular Hbond substituents is 1. The Kier molecular flexibility index (Phi) is 4.71. The molecule has 0 aliphatic heterocycles. The summed E-state index contributed by atoms with van der Waals surface area (Å²) in [6, 6.07) is 3.05. The second-order valence-corrected chi connectivity index (χ2v) is 5.12. The van der Waals surface area contributed by atoms with Gasteiger partial charge in [-0.05, 0) is 19.1 Å². The first-order valence-electron chi connectivity index (χ1n) is 5.01. The molecule has 0 spiro atoms. The Hall–Kier alpha value is -1.34. The lowest BCUT2D eigenvalue weighted by Crippen LogP contribution is -2.20. The number of nitrogens with one attached hydrogen (secondary N) is 1. The lowest BCUT2D eigenvalue weighted by atomic mass is 10.3. The summed E-state index contributed by atoms with van der Waals surface area (Å²) in [6.45, 7) is 2.25. The first-order chi connectivity index (χ1) is 7.94. The third kappa shape index (κ3) is 4.58. The van der Waals surface area contributed by atoms with Crippen molar-refractivity contribution in [3.05, 3.63) is 24.0 Å². The van der Waals surface area contributed by atoms with Crippen LogP contribution in [0.3, 0.4) is 0 Å². The number of ether oxygens (including phenoxy) is 1. The highest BCUT2D eigenvalue weighted by atomic mass is 32.2. The predicted molar refractivity (Wildman–Crippen MR) is 62.0 cm³/mol. The number of sulfonamides is 1. The molecular weight excluding hydrogens is 249 g/mol. The highest BCUT2D eigenvalue weighted by Crippen LogP contribution is 2.24. The summed E-state index contributed by atoms with van der Waals surface area (Å²) in [5.74, 6) is -1.32. The molecule has 1 aromatic carbocycles. The third-order valence-electron chi connectivity index (χ3n) is 1.93. The Bertz CT molecular complexity index is 475. The molecule has 0 atom stereocenters. The van der Waals surface area contributed by atoms with Crippen LogP contribution in [0.4, 0.5) is 10.1 Å². The number of hydrogen-bond donors (Lipinski definition) is 2. The molecule has 0 fully saturated rings. The molecule has 96 valence electrons. The van der Waals surface area contributed by atoms with Crippen LogP contribution in [0.1, 0.15) is 6.92 Å². The van der Waals surface area contributed by atoms with Crippen molar-refractivity contribution in [1.29, 1.82) is 0 Å². The molecular formula is C10H14FNO4S. The van der Waals surface area contributed by atoms with E-state index >= 15 is 0 Å². The highest BCUT2D eigenvalue weighted by molar-refractivity contribution is 7.92. The number of hydrogen-bond acceptors (Lipinski definition) is 4. The van der Waals surface area contributed by atoms with Crippen molar-refractivity contribution >= 4 is 15.7 Å². The van der Waals surface area contributed by atoms with Crippen molar-refractivity contribution in [3.8, 4) is 5.75 Å². The summed E-state index contributed by atoms with van der Waals surface area (Å²) in [4.78, 5) is 0. The molecule has 1 rings (SSSR count). The van der Waals surface area contributed by atoms with Crippen LogP contribution in [0.2, 0.25) is 0 Å². The molecule has 0 aromatic heterocycles. The van der Waals surface area contributed by atoms with Crippen molar-refractivity contribution in [2.24, 2.45) is 0 Å². The Morgan fingerprint density at radius 1 is 1.47 bits per heavy atom. The average Bonchev–Trinajstić information content (AvgIpc) is 2.22. The van der Waals surface area contributed by atoms with Gasteiger partial charge in [0.05, 0.1) is 18.0 Å². The van der Waals surface area contributed by atoms with Gasteiger partial charge in [0.2, 0.25) is 10.0 Å². The van der Waals surface area contributed by atoms with E-state index in [1.807, 2.05) is 0 Å². The largest absolute Gasteiger partial charge is 0.506 e. The minimum absolute atomic E-state index is 0.0529. The van der Waals surface area contributed by atoms with E-state index in [-0.39, 0.29) is 18.0 Å². The second-order valence-electron chi connectivity index (χ2n) is 3.28. The summed E-state index contributed by atoms with van der Waals surface area (Å²) < 4.78 is 42.8. The summed E-state index contributed by atoms with van der Waals surface area (Å²) in [5.41, 5.74) is -0.0529. The number of benzene rings is 1. The fourth-order valence-electron chi connectivity index (χ4n) is 1.12. The minimum atomic E-state index is -3.60. The first-order valence-corrected chi connectivity index (χ1v) is 6.66. The van der Waals surface area contributed by atoms with E-state index in [1.54, 1.807) is 6.92 Å². The van der Waals surface area contributed by atoms with Crippen LogP contribution in [-0.4, -0.2) is 32.5 Å². The topological polar surface area (TPSA) is 75.6 Å². The van der Waals surface area contributed by atoms with Gasteiger partial charge in [-0.1, -0.05) is 0 Å². The normalized spacial score (nSPS) is 11.4. The third-order valence-corrected chi connectivity index (χ3v) is 3.16. The standard InChI is InChI=1S/C10H14FNO4S/c1-2-16-5-6-17(14,15)12-9-4-3-8(11)7-10(9)13/h3-4,7,12-13H,2,5-6H2,1H3. The Morgan fingerprint density at radius 2 is 2.18 bits per heavy atom. The zero-order valence-electron chi connectivity index (χ0n) is 9.31. The SMILES string of the molecule is CCOCCS(=O)(=O)Nc1ccc(F)cc1O. The second kappa shape index (κ2) is 5.83. The number of halogens is 1. The molecule has 2 N–H and O–H groups in total. The maximum atomic E-state index is 12.7. The van der Waals surface area contributed by atoms with Crippen LogP contribution in [0.15, 0.2) is 18.2 Å². The van der Waals surface area contributed by atoms with E-state index < -0.39 is 21.6 Å². The van der Waals surface area contributed by atoms with Crippen molar-refractivity contribution in [2.75, 3.05) is 23.7 Å². The van der Waals surface area contributed by atoms with Gasteiger partial charge in [-0.25, -0.2) is 12.8 Å². The lowest BCUT2D eigenvalue weighted by molar-refractivity contribution is 0.163. The molecule has 0 aliphatic carbocycles. The summed E-state index contributed by atoms with van der Waals surface area (Å²) >= 11 is 0. The number of phenols is 1. The van der Waals surface area contributed by atoms with Gasteiger partial charge in [0.25, 0.3) is 0 Å². The van der Waals surface area contributed by atoms with Gasteiger partial charge in [-0.3, -0.25) is 4.72 Å². The van der Waals surface area contributed by atoms with Gasteiger partial charge < -0.3 is 9.84 Å². The van der Waals surface area contributed by atoms with Gasteiger partial charge >= 0.3 is 0 Å². The minimum Gasteiger partial charge on any atom is -0.506 e. The van der Waals surface area contributed by atoms with E-state index in [2.05, 4.69) is 4.72 Å². The lowest BCUT2D eigenvalue weighted by Gasteiger charge is -2.09. The smallest absolute Gasteiger partial charge is 0.235 e. The van der Waals surface area contributed by atoms with E-state index in [9.17, 15) is 17.9 Å². The monoisotopic (exact) mass is 263 g/mol. The van der Waals surface area contributed by atoms with Crippen molar-refractivity contribution in [1.82, 2.24) is 0 Å². The molecule has 0 saturated carbocycles. The van der Waals surface area contributed by atoms with Crippen LogP contribution >= 0.6 is 0 Å². The fourth-order valence-corrected chi connectivity index (χ4v) is 2.07. The number of rotatable bonds is 6. The van der Waals surface area contributed by atoms with Crippen LogP contribution < -0.4 is 4.72 Å². The van der Waals surface area contributed by atoms with E-state index in [4.69, 9.17) is 4.74 Å². The van der Waals surface area contributed by atoms with Crippen molar-refractivity contribution < 1.29 is 22.7 Å². The van der Waals surface area contributed by atoms with E-state index in [0.29, 0.717) is 6.61 Å². The van der Waals surface area contributed by atoms with Crippen molar-refractivity contribution in [3.63, 3.8) is 0 Å². The highest BCUT2D eigenvalue weighted by Gasteiger charge is 2.13. The Morgan fingerprint density at radius 3 is 2.76 bits per heavy atom. The fraction of sp³-hybridized carbons (Fsp3) is 0.400. The van der Waals surface area contributed by atoms with E-state index in [0.717, 1.165) is 18.2 Å². The summed E-state index contributed by atoms with van der Waals surface area (Å²) in [7, 11) is -3.60. The molecule has 0 unspecified atom stereocenters. The van der Waals surface area contributed by atoms with Crippen LogP contribution in [-0.2, 0) is 14.8 Å². The molecule has 0 radical (unpaired) electrons. The van der Waals surface area contributed by atoms with Crippen LogP contribution in [0.25, 0.3) is 0 Å². The molecule has 0 heterocycles. The van der Waals surface area contributed by atoms with Gasteiger partial charge in [-0.2, -0.15) is 0 Å². The number of aromatic hydroxyl groups is 1. The van der Waals surface area contributed by atoms with Gasteiger partial charge in [0.15, 0.2) is 0 Å². The maximum absolute atomic E-state index is 12.7. The molecule has 1 aromatic rings. The molecule has 5 nitrogen and oxygen atoms in total. The number of anilines is 1. The maximum Gasteiger partial charge on any atom is 0.235 e. The molecule has 0 saturated heterocycles. The van der Waals surface area contributed by atoms with Gasteiger partial charge in [0.1, 0.15) is 11.6 Å². The molecule has 0 amide bonds. The first kappa shape index (κ1) is 13.7. The summed E-state index contributed by atoms with van der Waals surface area (Å²) in [5, 5.41) is 9.33. The zero-order valence-corrected chi connectivity index (χ0v) is 10.1. The molecule has 17 heavy (non-hydrogen) atoms. The Labute approximate surface area is 99.3 Å². The molecule has 7 heteroatoms. The zero-order chi connectivity index (χ0) is 12.9. The van der Waals surface area contributed by atoms with Gasteiger partial charge in [-0.15, -0.1) is 0 Å². The van der Waals surface area contributed by atoms with Crippen LogP contribution in [0, 0.1) is 5.82 Å². The van der Waals surface area contributed by atoms with Crippen LogP contribution in [0.5, 0.6) is 5.75 Å². The molecule has 0 bridgehead atoms. The predicted octanol–water partition coefficient (Wildman–Crippen LogP) is 1.31. The Balaban J connectivity index is 2.69. The summed E-state index contributed by atoms with van der Waals surface area (Å²) in [6.07, 6.45) is 0. The molecule has 0 aliphatic rings. The van der Waals surface area contributed by atoms with E-state index in [1.165, 1.54) is 0 Å².